The van der Waals surface area contributed by atoms with E-state index in [4.69, 9.17) is 19.9 Å². The number of pyridine rings is 1. The maximum Gasteiger partial charge on any atom is 0.217 e. The summed E-state index contributed by atoms with van der Waals surface area (Å²) in [4.78, 5) is 22.5. The zero-order valence-electron chi connectivity index (χ0n) is 24.7. The number of methoxy groups -OCH3 is 3. The van der Waals surface area contributed by atoms with Crippen LogP contribution in [0.25, 0.3) is 0 Å². The van der Waals surface area contributed by atoms with Gasteiger partial charge in [-0.25, -0.2) is 24.9 Å². The molecule has 43 heavy (non-hydrogen) atoms. The monoisotopic (exact) mass is 577 g/mol. The van der Waals surface area contributed by atoms with Gasteiger partial charge in [0.2, 0.25) is 5.96 Å². The summed E-state index contributed by atoms with van der Waals surface area (Å²) in [6.45, 7) is 2.24. The van der Waals surface area contributed by atoms with Crippen LogP contribution in [0.5, 0.6) is 0 Å². The number of nitrogens with two attached hydrogens (primary N) is 1. The van der Waals surface area contributed by atoms with Crippen molar-refractivity contribution in [2.45, 2.75) is 25.9 Å². The van der Waals surface area contributed by atoms with Gasteiger partial charge in [-0.05, 0) is 55.0 Å². The lowest BCUT2D eigenvalue weighted by atomic mass is 10.1. The van der Waals surface area contributed by atoms with E-state index in [1.165, 1.54) is 0 Å². The second-order valence-corrected chi connectivity index (χ2v) is 10.2. The summed E-state index contributed by atoms with van der Waals surface area (Å²) in [6.07, 6.45) is 15.4. The molecule has 0 spiro atoms. The second kappa shape index (κ2) is 13.8. The van der Waals surface area contributed by atoms with Crippen molar-refractivity contribution < 1.29 is 14.2 Å². The molecule has 3 aliphatic rings. The molecule has 0 bridgehead atoms. The van der Waals surface area contributed by atoms with E-state index in [2.05, 4.69) is 60.3 Å². The van der Waals surface area contributed by atoms with Crippen molar-refractivity contribution in [3.8, 4) is 11.8 Å². The Hall–Kier alpha value is -5.01. The van der Waals surface area contributed by atoms with Crippen molar-refractivity contribution in [3.63, 3.8) is 0 Å². The molecule has 2 aromatic heterocycles. The molecule has 2 heterocycles. The molecular formula is C33H35N7O3. The van der Waals surface area contributed by atoms with Crippen molar-refractivity contribution in [1.82, 2.24) is 15.0 Å². The Kier molecular flexibility index (Phi) is 9.44. The number of ether oxygens (including phenoxy) is 3. The van der Waals surface area contributed by atoms with E-state index in [1.807, 2.05) is 43.4 Å². The number of guanidine groups is 1. The van der Waals surface area contributed by atoms with Gasteiger partial charge in [0.15, 0.2) is 11.5 Å². The number of fused-ring (bicyclic) bond motifs is 1. The quantitative estimate of drug-likeness (QED) is 0.271. The van der Waals surface area contributed by atoms with E-state index in [0.717, 1.165) is 11.1 Å². The van der Waals surface area contributed by atoms with Crippen molar-refractivity contribution in [2.24, 2.45) is 27.6 Å². The van der Waals surface area contributed by atoms with Crippen molar-refractivity contribution in [3.05, 3.63) is 107 Å². The summed E-state index contributed by atoms with van der Waals surface area (Å²) in [5.41, 5.74) is 9.68. The molecule has 10 heteroatoms. The number of aromatic nitrogens is 3. The van der Waals surface area contributed by atoms with Crippen LogP contribution < -0.4 is 11.1 Å². The normalized spacial score (nSPS) is 21.2. The van der Waals surface area contributed by atoms with E-state index >= 15 is 0 Å². The fourth-order valence-corrected chi connectivity index (χ4v) is 4.98. The highest BCUT2D eigenvalue weighted by Crippen LogP contribution is 2.46. The maximum absolute atomic E-state index is 6.35. The fraction of sp³-hybridized carbons (Fsp3) is 0.303. The maximum atomic E-state index is 6.35. The molecule has 0 aromatic carbocycles. The topological polar surface area (TPSA) is 129 Å². The van der Waals surface area contributed by atoms with E-state index < -0.39 is 0 Å². The molecule has 10 nitrogen and oxygen atoms in total. The molecule has 1 saturated carbocycles. The van der Waals surface area contributed by atoms with Gasteiger partial charge in [0.1, 0.15) is 28.9 Å². The van der Waals surface area contributed by atoms with Gasteiger partial charge in [-0.1, -0.05) is 35.9 Å². The first kappa shape index (κ1) is 29.5. The molecule has 1 fully saturated rings. The standard InChI is InChI=1S/C33H35N7O3/c1-21-37-25(13-12-24-9-5-6-15-35-24)19-31(38-21)39-30(18-22-8-7-10-28(41-2)29(17-22)42-3)40-33(34)36-20-23-11-14-26-27(16-23)32(26)43-4/h5-7,9-11,14-17,19,26-27,32H,8,18,20H2,1-4H3,(H3,34,36,37,38,39,40). The molecular weight excluding hydrogens is 542 g/mol. The predicted molar refractivity (Wildman–Crippen MR) is 167 cm³/mol. The Morgan fingerprint density at radius 3 is 2.67 bits per heavy atom. The van der Waals surface area contributed by atoms with Crippen LogP contribution in [0.1, 0.15) is 30.1 Å². The molecule has 220 valence electrons. The van der Waals surface area contributed by atoms with E-state index in [1.54, 1.807) is 33.6 Å². The Bertz CT molecular complexity index is 1620. The molecule has 0 aliphatic heterocycles. The van der Waals surface area contributed by atoms with Crippen molar-refractivity contribution in [2.75, 3.05) is 33.2 Å². The Morgan fingerprint density at radius 2 is 1.91 bits per heavy atom. The number of nitrogens with zero attached hydrogens (tertiary/aromatic N) is 5. The van der Waals surface area contributed by atoms with Gasteiger partial charge in [-0.3, -0.25) is 0 Å². The first-order valence-electron chi connectivity index (χ1n) is 14.0. The molecule has 3 N–H and O–H groups in total. The minimum atomic E-state index is 0.156. The zero-order chi connectivity index (χ0) is 30.2. The number of hydrogen-bond acceptors (Lipinski definition) is 7. The van der Waals surface area contributed by atoms with Gasteiger partial charge in [-0.15, -0.1) is 0 Å². The Morgan fingerprint density at radius 1 is 1.07 bits per heavy atom. The Balaban J connectivity index is 1.40. The highest BCUT2D eigenvalue weighted by atomic mass is 16.5. The van der Waals surface area contributed by atoms with Crippen LogP contribution in [0.4, 0.5) is 5.82 Å². The first-order valence-corrected chi connectivity index (χ1v) is 14.0. The zero-order valence-corrected chi connectivity index (χ0v) is 24.7. The minimum absolute atomic E-state index is 0.156. The number of aryl methyl sites for hydroxylation is 1. The third-order valence-corrected chi connectivity index (χ3v) is 7.10. The number of amidine groups is 1. The highest BCUT2D eigenvalue weighted by Gasteiger charge is 2.48. The van der Waals surface area contributed by atoms with Gasteiger partial charge in [0, 0.05) is 37.6 Å². The molecule has 5 rings (SSSR count). The van der Waals surface area contributed by atoms with Gasteiger partial charge >= 0.3 is 0 Å². The number of allylic oxidation sites excluding steroid dienone is 3. The average Bonchev–Trinajstić information content (AvgIpc) is 3.76. The predicted octanol–water partition coefficient (Wildman–Crippen LogP) is 4.24. The molecule has 2 aromatic rings. The molecule has 3 unspecified atom stereocenters. The van der Waals surface area contributed by atoms with Crippen molar-refractivity contribution in [1.29, 1.82) is 0 Å². The Labute approximate surface area is 251 Å². The third-order valence-electron chi connectivity index (χ3n) is 7.10. The van der Waals surface area contributed by atoms with Crippen LogP contribution in [-0.2, 0) is 14.2 Å². The van der Waals surface area contributed by atoms with Crippen LogP contribution in [0.15, 0.2) is 99.6 Å². The lowest BCUT2D eigenvalue weighted by Crippen LogP contribution is -2.20. The number of aliphatic imine (C=N–C) groups is 2. The van der Waals surface area contributed by atoms with Crippen molar-refractivity contribution >= 4 is 17.6 Å². The molecule has 0 radical (unpaired) electrons. The first-order chi connectivity index (χ1) is 20.9. The van der Waals surface area contributed by atoms with Gasteiger partial charge < -0.3 is 25.3 Å². The van der Waals surface area contributed by atoms with E-state index in [-0.39, 0.29) is 12.1 Å². The fourth-order valence-electron chi connectivity index (χ4n) is 4.98. The summed E-state index contributed by atoms with van der Waals surface area (Å²) >= 11 is 0. The summed E-state index contributed by atoms with van der Waals surface area (Å²) in [6, 6.07) is 7.35. The van der Waals surface area contributed by atoms with Crippen LogP contribution >= 0.6 is 0 Å². The van der Waals surface area contributed by atoms with Gasteiger partial charge in [0.25, 0.3) is 0 Å². The smallest absolute Gasteiger partial charge is 0.217 e. The molecule has 0 saturated heterocycles. The highest BCUT2D eigenvalue weighted by molar-refractivity contribution is 6.03. The molecule has 3 atom stereocenters. The van der Waals surface area contributed by atoms with E-state index in [0.29, 0.717) is 71.6 Å². The number of hydrogen-bond donors (Lipinski definition) is 2. The van der Waals surface area contributed by atoms with Crippen LogP contribution in [0.2, 0.25) is 0 Å². The third kappa shape index (κ3) is 7.84. The number of nitrogens with one attached hydrogen (secondary N) is 1. The van der Waals surface area contributed by atoms with E-state index in [9.17, 15) is 0 Å². The largest absolute Gasteiger partial charge is 0.493 e. The molecule has 3 aliphatic carbocycles. The molecule has 0 amide bonds. The lowest BCUT2D eigenvalue weighted by molar-refractivity contribution is 0.169. The summed E-state index contributed by atoms with van der Waals surface area (Å²) in [5, 5.41) is 3.34. The summed E-state index contributed by atoms with van der Waals surface area (Å²) in [5.74, 6) is 10.1. The summed E-state index contributed by atoms with van der Waals surface area (Å²) in [7, 11) is 4.98. The number of anilines is 1. The lowest BCUT2D eigenvalue weighted by Gasteiger charge is -2.13. The van der Waals surface area contributed by atoms with Gasteiger partial charge in [-0.2, -0.15) is 0 Å². The van der Waals surface area contributed by atoms with Gasteiger partial charge in [0.05, 0.1) is 26.9 Å². The van der Waals surface area contributed by atoms with Crippen LogP contribution in [0.3, 0.4) is 0 Å². The second-order valence-electron chi connectivity index (χ2n) is 10.2. The average molecular weight is 578 g/mol. The minimum Gasteiger partial charge on any atom is -0.493 e. The summed E-state index contributed by atoms with van der Waals surface area (Å²) < 4.78 is 16.6. The SMILES string of the molecule is COC1=C(OC)C=C(C/C(=N/C(N)=NCC2=CC3C(C=C2)C3OC)Nc2cc(C#Cc3ccccn3)nc(C)n2)CC=C1. The van der Waals surface area contributed by atoms with Crippen LogP contribution in [0, 0.1) is 30.6 Å². The number of rotatable bonds is 8. The van der Waals surface area contributed by atoms with Crippen LogP contribution in [-0.4, -0.2) is 60.7 Å².